The number of hydrogen-bond acceptors (Lipinski definition) is 4. The van der Waals surface area contributed by atoms with Gasteiger partial charge in [-0.15, -0.1) is 0 Å². The maximum absolute atomic E-state index is 4.13. The van der Waals surface area contributed by atoms with E-state index in [9.17, 15) is 0 Å². The molecule has 2 rings (SSSR count). The van der Waals surface area contributed by atoms with Crippen LogP contribution < -0.4 is 5.32 Å². The second-order valence-corrected chi connectivity index (χ2v) is 5.08. The van der Waals surface area contributed by atoms with Gasteiger partial charge in [0.1, 0.15) is 6.33 Å². The largest absolute Gasteiger partial charge is 0.309 e. The van der Waals surface area contributed by atoms with Gasteiger partial charge in [0.05, 0.1) is 0 Å². The van der Waals surface area contributed by atoms with Crippen molar-refractivity contribution in [3.05, 3.63) is 41.7 Å². The molecule has 1 aromatic heterocycles. The standard InChI is InChI=1S/C13H18N4S/c1-3-14-12(8-18-13-15-9-16-17-13)11-7-5-4-6-10(11)2/h4-7,9,12,14H,3,8H2,1-2H3,(H,15,16,17). The summed E-state index contributed by atoms with van der Waals surface area (Å²) in [5.74, 6) is 0.938. The quantitative estimate of drug-likeness (QED) is 0.786. The Morgan fingerprint density at radius 2 is 2.22 bits per heavy atom. The number of nitrogens with one attached hydrogen (secondary N) is 2. The van der Waals surface area contributed by atoms with E-state index in [0.29, 0.717) is 6.04 Å². The number of aromatic nitrogens is 3. The first-order chi connectivity index (χ1) is 8.81. The molecule has 4 nitrogen and oxygen atoms in total. The van der Waals surface area contributed by atoms with Gasteiger partial charge in [-0.05, 0) is 24.6 Å². The summed E-state index contributed by atoms with van der Waals surface area (Å²) in [6.07, 6.45) is 1.54. The molecule has 0 fully saturated rings. The summed E-state index contributed by atoms with van der Waals surface area (Å²) in [4.78, 5) is 4.13. The maximum Gasteiger partial charge on any atom is 0.183 e. The van der Waals surface area contributed by atoms with Crippen molar-refractivity contribution < 1.29 is 0 Å². The Morgan fingerprint density at radius 3 is 2.89 bits per heavy atom. The number of nitrogens with zero attached hydrogens (tertiary/aromatic N) is 2. The maximum atomic E-state index is 4.13. The molecule has 0 saturated heterocycles. The average molecular weight is 262 g/mol. The van der Waals surface area contributed by atoms with Crippen molar-refractivity contribution in [2.24, 2.45) is 0 Å². The Balaban J connectivity index is 2.06. The summed E-state index contributed by atoms with van der Waals surface area (Å²) in [6, 6.07) is 8.84. The number of hydrogen-bond donors (Lipinski definition) is 2. The van der Waals surface area contributed by atoms with Crippen molar-refractivity contribution in [1.82, 2.24) is 20.5 Å². The molecule has 0 radical (unpaired) electrons. The summed E-state index contributed by atoms with van der Waals surface area (Å²) in [5.41, 5.74) is 2.67. The van der Waals surface area contributed by atoms with Crippen LogP contribution in [0.15, 0.2) is 35.7 Å². The molecule has 0 amide bonds. The molecule has 1 atom stereocenters. The Bertz CT molecular complexity index is 470. The first kappa shape index (κ1) is 13.1. The van der Waals surface area contributed by atoms with E-state index in [1.807, 2.05) is 0 Å². The molecule has 0 bridgehead atoms. The lowest BCUT2D eigenvalue weighted by Gasteiger charge is -2.19. The molecule has 0 aliphatic heterocycles. The van der Waals surface area contributed by atoms with Crippen LogP contribution in [0.4, 0.5) is 0 Å². The molecule has 0 spiro atoms. The first-order valence-electron chi connectivity index (χ1n) is 6.08. The highest BCUT2D eigenvalue weighted by atomic mass is 32.2. The Hall–Kier alpha value is -1.33. The summed E-state index contributed by atoms with van der Waals surface area (Å²) in [6.45, 7) is 5.24. The second kappa shape index (κ2) is 6.56. The molecule has 1 aromatic carbocycles. The highest BCUT2D eigenvalue weighted by Gasteiger charge is 2.13. The molecule has 0 aliphatic carbocycles. The third-order valence-electron chi connectivity index (χ3n) is 2.79. The average Bonchev–Trinajstić information content (AvgIpc) is 2.88. The summed E-state index contributed by atoms with van der Waals surface area (Å²) in [5, 5.41) is 11.1. The minimum atomic E-state index is 0.339. The molecular formula is C13H18N4S. The molecule has 0 aliphatic rings. The number of thioether (sulfide) groups is 1. The van der Waals surface area contributed by atoms with E-state index >= 15 is 0 Å². The fourth-order valence-electron chi connectivity index (χ4n) is 1.91. The van der Waals surface area contributed by atoms with Gasteiger partial charge in [-0.25, -0.2) is 4.98 Å². The van der Waals surface area contributed by atoms with Crippen LogP contribution in [0.1, 0.15) is 24.1 Å². The number of rotatable bonds is 6. The van der Waals surface area contributed by atoms with Gasteiger partial charge in [-0.1, -0.05) is 43.0 Å². The van der Waals surface area contributed by atoms with Crippen molar-refractivity contribution in [2.45, 2.75) is 25.0 Å². The Morgan fingerprint density at radius 1 is 1.39 bits per heavy atom. The molecule has 1 unspecified atom stereocenters. The van der Waals surface area contributed by atoms with Crippen molar-refractivity contribution in [1.29, 1.82) is 0 Å². The van der Waals surface area contributed by atoms with Crippen molar-refractivity contribution in [2.75, 3.05) is 12.3 Å². The SMILES string of the molecule is CCNC(CSc1ncn[nH]1)c1ccccc1C. The van der Waals surface area contributed by atoms with Crippen LogP contribution >= 0.6 is 11.8 Å². The van der Waals surface area contributed by atoms with Gasteiger partial charge in [-0.2, -0.15) is 5.10 Å². The number of benzene rings is 1. The smallest absolute Gasteiger partial charge is 0.183 e. The second-order valence-electron chi connectivity index (χ2n) is 4.07. The van der Waals surface area contributed by atoms with Gasteiger partial charge >= 0.3 is 0 Å². The lowest BCUT2D eigenvalue weighted by molar-refractivity contribution is 0.602. The van der Waals surface area contributed by atoms with Crippen LogP contribution in [0.3, 0.4) is 0 Å². The van der Waals surface area contributed by atoms with E-state index in [1.165, 1.54) is 11.1 Å². The summed E-state index contributed by atoms with van der Waals surface area (Å²) < 4.78 is 0. The van der Waals surface area contributed by atoms with Crippen molar-refractivity contribution in [3.8, 4) is 0 Å². The van der Waals surface area contributed by atoms with E-state index < -0.39 is 0 Å². The Kier molecular flexibility index (Phi) is 4.78. The lowest BCUT2D eigenvalue weighted by atomic mass is 10.0. The van der Waals surface area contributed by atoms with Gasteiger partial charge in [0.2, 0.25) is 0 Å². The normalized spacial score (nSPS) is 12.6. The van der Waals surface area contributed by atoms with Crippen LogP contribution in [-0.2, 0) is 0 Å². The molecular weight excluding hydrogens is 244 g/mol. The zero-order chi connectivity index (χ0) is 12.8. The zero-order valence-corrected chi connectivity index (χ0v) is 11.5. The third kappa shape index (κ3) is 3.34. The highest BCUT2D eigenvalue weighted by Crippen LogP contribution is 2.24. The van der Waals surface area contributed by atoms with Gasteiger partial charge in [-0.3, -0.25) is 5.10 Å². The molecule has 96 valence electrons. The third-order valence-corrected chi connectivity index (χ3v) is 3.76. The molecule has 1 heterocycles. The van der Waals surface area contributed by atoms with Crippen molar-refractivity contribution >= 4 is 11.8 Å². The minimum Gasteiger partial charge on any atom is -0.309 e. The van der Waals surface area contributed by atoms with Gasteiger partial charge in [0, 0.05) is 11.8 Å². The number of H-pyrrole nitrogens is 1. The van der Waals surface area contributed by atoms with Crippen LogP contribution in [0.5, 0.6) is 0 Å². The molecule has 5 heteroatoms. The molecule has 0 saturated carbocycles. The van der Waals surface area contributed by atoms with E-state index in [4.69, 9.17) is 0 Å². The number of aryl methyl sites for hydroxylation is 1. The van der Waals surface area contributed by atoms with Crippen LogP contribution in [0.25, 0.3) is 0 Å². The fraction of sp³-hybridized carbons (Fsp3) is 0.385. The molecule has 18 heavy (non-hydrogen) atoms. The van der Waals surface area contributed by atoms with E-state index in [1.54, 1.807) is 18.1 Å². The van der Waals surface area contributed by atoms with Crippen LogP contribution in [0.2, 0.25) is 0 Å². The minimum absolute atomic E-state index is 0.339. The first-order valence-corrected chi connectivity index (χ1v) is 7.07. The van der Waals surface area contributed by atoms with Gasteiger partial charge in [0.25, 0.3) is 0 Å². The van der Waals surface area contributed by atoms with E-state index in [2.05, 4.69) is 58.6 Å². The monoisotopic (exact) mass is 262 g/mol. The van der Waals surface area contributed by atoms with Gasteiger partial charge < -0.3 is 5.32 Å². The van der Waals surface area contributed by atoms with Crippen LogP contribution in [-0.4, -0.2) is 27.5 Å². The predicted molar refractivity (Wildman–Crippen MR) is 74.7 cm³/mol. The van der Waals surface area contributed by atoms with Crippen LogP contribution in [0, 0.1) is 6.92 Å². The highest BCUT2D eigenvalue weighted by molar-refractivity contribution is 7.99. The van der Waals surface area contributed by atoms with E-state index in [-0.39, 0.29) is 0 Å². The van der Waals surface area contributed by atoms with E-state index in [0.717, 1.165) is 17.5 Å². The molecule has 2 N–H and O–H groups in total. The Labute approximate surface area is 112 Å². The van der Waals surface area contributed by atoms with Gasteiger partial charge in [0.15, 0.2) is 5.16 Å². The fourth-order valence-corrected chi connectivity index (χ4v) is 2.77. The predicted octanol–water partition coefficient (Wildman–Crippen LogP) is 2.56. The zero-order valence-electron chi connectivity index (χ0n) is 10.7. The number of aromatic amines is 1. The summed E-state index contributed by atoms with van der Waals surface area (Å²) >= 11 is 1.69. The molecule has 2 aromatic rings. The lowest BCUT2D eigenvalue weighted by Crippen LogP contribution is -2.23. The summed E-state index contributed by atoms with van der Waals surface area (Å²) in [7, 11) is 0. The van der Waals surface area contributed by atoms with Crippen molar-refractivity contribution in [3.63, 3.8) is 0 Å². The topological polar surface area (TPSA) is 53.6 Å².